The fraction of sp³-hybridized carbons (Fsp3) is 0.200. The monoisotopic (exact) mass is 176 g/mol. The van der Waals surface area contributed by atoms with Crippen LogP contribution in [0.2, 0.25) is 0 Å². The summed E-state index contributed by atoms with van der Waals surface area (Å²) in [6.07, 6.45) is 0.621. The van der Waals surface area contributed by atoms with Gasteiger partial charge in [0.1, 0.15) is 0 Å². The minimum atomic E-state index is -0.0755. The average molecular weight is 176 g/mol. The minimum Gasteiger partial charge on any atom is -0.390 e. The summed E-state index contributed by atoms with van der Waals surface area (Å²) in [6.45, 7) is 3.17. The molecule has 1 N–H and O–H groups in total. The number of rotatable bonds is 4. The first-order valence-electron chi connectivity index (χ1n) is 4.03. The highest BCUT2D eigenvalue weighted by molar-refractivity contribution is 5.87. The topological polar surface area (TPSA) is 45.0 Å². The van der Waals surface area contributed by atoms with Crippen molar-refractivity contribution in [3.8, 4) is 0 Å². The molecule has 0 bridgehead atoms. The minimum absolute atomic E-state index is 0.0755. The van der Waals surface area contributed by atoms with Gasteiger partial charge in [-0.3, -0.25) is 0 Å². The lowest BCUT2D eigenvalue weighted by atomic mass is 10.1. The standard InChI is InChI=1S/C10H12N2O/c1-11-12-10(8-13)7-9-5-3-2-4-6-9/h2-6,13H,1,7-8H2/b12-10-. The van der Waals surface area contributed by atoms with Gasteiger partial charge in [0.2, 0.25) is 0 Å². The summed E-state index contributed by atoms with van der Waals surface area (Å²) in [6, 6.07) is 9.81. The van der Waals surface area contributed by atoms with E-state index in [2.05, 4.69) is 16.9 Å². The molecule has 0 saturated carbocycles. The van der Waals surface area contributed by atoms with Crippen LogP contribution in [0.1, 0.15) is 5.56 Å². The molecule has 68 valence electrons. The maximum atomic E-state index is 8.90. The van der Waals surface area contributed by atoms with Crippen molar-refractivity contribution in [3.63, 3.8) is 0 Å². The number of hydrogen-bond donors (Lipinski definition) is 1. The van der Waals surface area contributed by atoms with Crippen LogP contribution in [0.5, 0.6) is 0 Å². The molecule has 0 saturated heterocycles. The molecule has 0 unspecified atom stereocenters. The summed E-state index contributed by atoms with van der Waals surface area (Å²) in [5.74, 6) is 0. The molecule has 0 aromatic heterocycles. The quantitative estimate of drug-likeness (QED) is 0.545. The molecule has 13 heavy (non-hydrogen) atoms. The molecule has 0 aliphatic carbocycles. The highest BCUT2D eigenvalue weighted by atomic mass is 16.3. The van der Waals surface area contributed by atoms with Crippen molar-refractivity contribution < 1.29 is 5.11 Å². The first-order valence-corrected chi connectivity index (χ1v) is 4.03. The fourth-order valence-electron chi connectivity index (χ4n) is 1.05. The smallest absolute Gasteiger partial charge is 0.0835 e. The van der Waals surface area contributed by atoms with Gasteiger partial charge in [0.05, 0.1) is 12.3 Å². The van der Waals surface area contributed by atoms with E-state index < -0.39 is 0 Å². The molecule has 3 nitrogen and oxygen atoms in total. The summed E-state index contributed by atoms with van der Waals surface area (Å²) in [4.78, 5) is 0. The maximum absolute atomic E-state index is 8.90. The van der Waals surface area contributed by atoms with Gasteiger partial charge in [-0.1, -0.05) is 30.3 Å². The van der Waals surface area contributed by atoms with Crippen LogP contribution >= 0.6 is 0 Å². The van der Waals surface area contributed by atoms with Crippen LogP contribution in [-0.2, 0) is 6.42 Å². The summed E-state index contributed by atoms with van der Waals surface area (Å²) in [5.41, 5.74) is 1.74. The Balaban J connectivity index is 2.67. The van der Waals surface area contributed by atoms with E-state index >= 15 is 0 Å². The SMILES string of the molecule is C=N/N=C(\CO)Cc1ccccc1. The molecular formula is C10H12N2O. The van der Waals surface area contributed by atoms with Gasteiger partial charge in [-0.2, -0.15) is 10.2 Å². The molecule has 0 heterocycles. The van der Waals surface area contributed by atoms with Gasteiger partial charge >= 0.3 is 0 Å². The van der Waals surface area contributed by atoms with Crippen molar-refractivity contribution in [1.82, 2.24) is 0 Å². The lowest BCUT2D eigenvalue weighted by molar-refractivity contribution is 0.355. The molecule has 1 rings (SSSR count). The summed E-state index contributed by atoms with van der Waals surface area (Å²) >= 11 is 0. The number of benzene rings is 1. The largest absolute Gasteiger partial charge is 0.390 e. The van der Waals surface area contributed by atoms with Crippen molar-refractivity contribution in [3.05, 3.63) is 35.9 Å². The Kier molecular flexibility index (Phi) is 3.85. The van der Waals surface area contributed by atoms with E-state index in [4.69, 9.17) is 5.11 Å². The number of nitrogens with zero attached hydrogens (tertiary/aromatic N) is 2. The van der Waals surface area contributed by atoms with Gasteiger partial charge in [0, 0.05) is 13.1 Å². The van der Waals surface area contributed by atoms with Crippen LogP contribution in [0.4, 0.5) is 0 Å². The third kappa shape index (κ3) is 3.17. The van der Waals surface area contributed by atoms with E-state index in [-0.39, 0.29) is 6.61 Å². The van der Waals surface area contributed by atoms with Crippen molar-refractivity contribution in [2.24, 2.45) is 10.2 Å². The molecule has 0 atom stereocenters. The van der Waals surface area contributed by atoms with E-state index in [9.17, 15) is 0 Å². The molecule has 0 spiro atoms. The van der Waals surface area contributed by atoms with Crippen molar-refractivity contribution in [2.45, 2.75) is 6.42 Å². The second-order valence-electron chi connectivity index (χ2n) is 2.63. The first-order chi connectivity index (χ1) is 6.36. The van der Waals surface area contributed by atoms with Crippen molar-refractivity contribution in [2.75, 3.05) is 6.61 Å². The number of hydrogen-bond acceptors (Lipinski definition) is 3. The van der Waals surface area contributed by atoms with Crippen LogP contribution in [0, 0.1) is 0 Å². The van der Waals surface area contributed by atoms with E-state index in [0.717, 1.165) is 5.56 Å². The zero-order valence-electron chi connectivity index (χ0n) is 7.35. The number of aliphatic hydroxyl groups is 1. The van der Waals surface area contributed by atoms with Crippen LogP contribution in [0.15, 0.2) is 40.5 Å². The summed E-state index contributed by atoms with van der Waals surface area (Å²) in [5, 5.41) is 16.0. The normalized spacial score (nSPS) is 11.3. The van der Waals surface area contributed by atoms with Crippen molar-refractivity contribution >= 4 is 12.4 Å². The second-order valence-corrected chi connectivity index (χ2v) is 2.63. The molecule has 3 heteroatoms. The molecule has 0 amide bonds. The van der Waals surface area contributed by atoms with Crippen LogP contribution in [-0.4, -0.2) is 24.1 Å². The Morgan fingerprint density at radius 3 is 2.54 bits per heavy atom. The zero-order chi connectivity index (χ0) is 9.52. The first kappa shape index (κ1) is 9.61. The predicted octanol–water partition coefficient (Wildman–Crippen LogP) is 1.28. The summed E-state index contributed by atoms with van der Waals surface area (Å²) in [7, 11) is 0. The molecule has 1 aromatic carbocycles. The lowest BCUT2D eigenvalue weighted by Crippen LogP contribution is -2.07. The van der Waals surface area contributed by atoms with Gasteiger partial charge in [0.15, 0.2) is 0 Å². The molecule has 0 aliphatic rings. The Morgan fingerprint density at radius 1 is 1.31 bits per heavy atom. The van der Waals surface area contributed by atoms with Crippen molar-refractivity contribution in [1.29, 1.82) is 0 Å². The fourth-order valence-corrected chi connectivity index (χ4v) is 1.05. The molecule has 0 aliphatic heterocycles. The van der Waals surface area contributed by atoms with Gasteiger partial charge in [-0.05, 0) is 5.56 Å². The zero-order valence-corrected chi connectivity index (χ0v) is 7.35. The number of aliphatic hydroxyl groups excluding tert-OH is 1. The van der Waals surface area contributed by atoms with Crippen LogP contribution < -0.4 is 0 Å². The van der Waals surface area contributed by atoms with E-state index in [1.807, 2.05) is 30.3 Å². The highest BCUT2D eigenvalue weighted by Gasteiger charge is 1.98. The highest BCUT2D eigenvalue weighted by Crippen LogP contribution is 2.00. The Bertz CT molecular complexity index is 293. The van der Waals surface area contributed by atoms with Gasteiger partial charge in [0.25, 0.3) is 0 Å². The van der Waals surface area contributed by atoms with Crippen LogP contribution in [0.25, 0.3) is 0 Å². The van der Waals surface area contributed by atoms with Gasteiger partial charge in [-0.15, -0.1) is 0 Å². The molecule has 0 radical (unpaired) electrons. The van der Waals surface area contributed by atoms with E-state index in [1.165, 1.54) is 0 Å². The predicted molar refractivity (Wildman–Crippen MR) is 54.2 cm³/mol. The Morgan fingerprint density at radius 2 is 2.00 bits per heavy atom. The molecular weight excluding hydrogens is 164 g/mol. The van der Waals surface area contributed by atoms with Crippen LogP contribution in [0.3, 0.4) is 0 Å². The van der Waals surface area contributed by atoms with Gasteiger partial charge < -0.3 is 5.11 Å². The Labute approximate surface area is 77.4 Å². The Hall–Kier alpha value is -1.48. The third-order valence-electron chi connectivity index (χ3n) is 1.65. The second kappa shape index (κ2) is 5.22. The average Bonchev–Trinajstić information content (AvgIpc) is 2.19. The van der Waals surface area contributed by atoms with E-state index in [1.54, 1.807) is 0 Å². The third-order valence-corrected chi connectivity index (χ3v) is 1.65. The lowest BCUT2D eigenvalue weighted by Gasteiger charge is -2.00. The van der Waals surface area contributed by atoms with E-state index in [0.29, 0.717) is 12.1 Å². The molecule has 1 aromatic rings. The summed E-state index contributed by atoms with van der Waals surface area (Å²) < 4.78 is 0. The molecule has 0 fully saturated rings. The van der Waals surface area contributed by atoms with Gasteiger partial charge in [-0.25, -0.2) is 0 Å². The maximum Gasteiger partial charge on any atom is 0.0835 e.